The Labute approximate surface area is 158 Å². The van der Waals surface area contributed by atoms with Crippen LogP contribution in [-0.2, 0) is 13.1 Å². The highest BCUT2D eigenvalue weighted by atomic mass is 32.1. The first-order valence-corrected chi connectivity index (χ1v) is 9.20. The first-order valence-electron chi connectivity index (χ1n) is 8.80. The van der Waals surface area contributed by atoms with Gasteiger partial charge < -0.3 is 14.8 Å². The summed E-state index contributed by atoms with van der Waals surface area (Å²) in [6.45, 7) is 3.81. The van der Waals surface area contributed by atoms with Crippen LogP contribution in [0.15, 0.2) is 67.3 Å². The molecule has 2 atom stereocenters. The van der Waals surface area contributed by atoms with Gasteiger partial charge in [-0.1, -0.05) is 6.07 Å². The molecule has 132 valence electrons. The number of pyridine rings is 2. The van der Waals surface area contributed by atoms with Crippen LogP contribution in [0.2, 0.25) is 0 Å². The molecule has 1 saturated heterocycles. The highest BCUT2D eigenvalue weighted by Gasteiger charge is 2.40. The summed E-state index contributed by atoms with van der Waals surface area (Å²) in [5.41, 5.74) is 3.43. The van der Waals surface area contributed by atoms with Crippen molar-refractivity contribution >= 4 is 17.3 Å². The van der Waals surface area contributed by atoms with Crippen LogP contribution < -0.4 is 5.32 Å². The molecule has 0 amide bonds. The van der Waals surface area contributed by atoms with Crippen molar-refractivity contribution in [2.75, 3.05) is 0 Å². The lowest BCUT2D eigenvalue weighted by molar-refractivity contribution is 0.297. The molecule has 5 nitrogen and oxygen atoms in total. The number of aryl methyl sites for hydroxylation is 1. The third kappa shape index (κ3) is 3.08. The molecule has 0 spiro atoms. The molecule has 3 aromatic rings. The van der Waals surface area contributed by atoms with E-state index in [0.29, 0.717) is 0 Å². The summed E-state index contributed by atoms with van der Waals surface area (Å²) in [6, 6.07) is 14.5. The molecule has 0 saturated carbocycles. The van der Waals surface area contributed by atoms with Gasteiger partial charge in [0.25, 0.3) is 0 Å². The molecule has 0 aliphatic carbocycles. The van der Waals surface area contributed by atoms with Crippen molar-refractivity contribution in [1.82, 2.24) is 24.8 Å². The minimum absolute atomic E-state index is 0.0192. The van der Waals surface area contributed by atoms with Gasteiger partial charge in [-0.05, 0) is 61.1 Å². The molecule has 4 heterocycles. The van der Waals surface area contributed by atoms with Gasteiger partial charge in [0.15, 0.2) is 5.11 Å². The van der Waals surface area contributed by atoms with Gasteiger partial charge in [0.1, 0.15) is 0 Å². The smallest absolute Gasteiger partial charge is 0.170 e. The number of rotatable bonds is 5. The highest BCUT2D eigenvalue weighted by Crippen LogP contribution is 2.39. The Hall–Kier alpha value is -2.73. The Morgan fingerprint density at radius 2 is 1.92 bits per heavy atom. The average Bonchev–Trinajstić information content (AvgIpc) is 3.28. The lowest BCUT2D eigenvalue weighted by atomic mass is 10.0. The Morgan fingerprint density at radius 1 is 1.08 bits per heavy atom. The fourth-order valence-electron chi connectivity index (χ4n) is 3.57. The first kappa shape index (κ1) is 16.7. The highest BCUT2D eigenvalue weighted by molar-refractivity contribution is 7.80. The molecule has 0 aromatic carbocycles. The zero-order valence-corrected chi connectivity index (χ0v) is 15.4. The van der Waals surface area contributed by atoms with Crippen LogP contribution in [0.4, 0.5) is 0 Å². The van der Waals surface area contributed by atoms with Crippen molar-refractivity contribution in [2.24, 2.45) is 0 Å². The van der Waals surface area contributed by atoms with E-state index >= 15 is 0 Å². The van der Waals surface area contributed by atoms with E-state index in [0.717, 1.165) is 23.9 Å². The Bertz CT molecular complexity index is 877. The molecule has 0 unspecified atom stereocenters. The summed E-state index contributed by atoms with van der Waals surface area (Å²) in [6.07, 6.45) is 7.60. The summed E-state index contributed by atoms with van der Waals surface area (Å²) in [5.74, 6) is 0. The lowest BCUT2D eigenvalue weighted by Crippen LogP contribution is -2.30. The van der Waals surface area contributed by atoms with E-state index in [2.05, 4.69) is 56.1 Å². The second-order valence-corrected chi connectivity index (χ2v) is 6.72. The van der Waals surface area contributed by atoms with Gasteiger partial charge in [0.2, 0.25) is 0 Å². The molecule has 3 aromatic heterocycles. The van der Waals surface area contributed by atoms with E-state index < -0.39 is 0 Å². The molecule has 1 fully saturated rings. The number of thiocarbonyl (C=S) groups is 1. The van der Waals surface area contributed by atoms with Crippen LogP contribution in [-0.4, -0.2) is 24.5 Å². The van der Waals surface area contributed by atoms with Gasteiger partial charge in [0, 0.05) is 43.6 Å². The van der Waals surface area contributed by atoms with Crippen molar-refractivity contribution in [1.29, 1.82) is 0 Å². The number of hydrogen-bond acceptors (Lipinski definition) is 3. The SMILES string of the molecule is CCn1cccc1[C@H]1[C@H](c2ccccn2)NC(=S)N1Cc1ccncc1. The van der Waals surface area contributed by atoms with Crippen LogP contribution in [0.1, 0.15) is 36.0 Å². The lowest BCUT2D eigenvalue weighted by Gasteiger charge is -2.28. The van der Waals surface area contributed by atoms with Gasteiger partial charge in [-0.15, -0.1) is 0 Å². The fourth-order valence-corrected chi connectivity index (χ4v) is 3.87. The van der Waals surface area contributed by atoms with Crippen LogP contribution >= 0.6 is 12.2 Å². The number of aromatic nitrogens is 3. The van der Waals surface area contributed by atoms with Gasteiger partial charge in [-0.3, -0.25) is 9.97 Å². The fraction of sp³-hybridized carbons (Fsp3) is 0.250. The maximum Gasteiger partial charge on any atom is 0.170 e. The monoisotopic (exact) mass is 363 g/mol. The quantitative estimate of drug-likeness (QED) is 0.703. The minimum atomic E-state index is 0.0192. The third-order valence-corrected chi connectivity index (χ3v) is 5.16. The van der Waals surface area contributed by atoms with Crippen LogP contribution in [0, 0.1) is 0 Å². The van der Waals surface area contributed by atoms with Gasteiger partial charge in [0.05, 0.1) is 17.8 Å². The number of hydrogen-bond donors (Lipinski definition) is 1. The predicted octanol–water partition coefficient (Wildman–Crippen LogP) is 3.47. The molecule has 0 bridgehead atoms. The molecule has 4 rings (SSSR count). The third-order valence-electron chi connectivity index (χ3n) is 4.81. The van der Waals surface area contributed by atoms with Crippen molar-refractivity contribution in [3.05, 3.63) is 84.2 Å². The molecular formula is C20H21N5S. The molecule has 1 aliphatic rings. The van der Waals surface area contributed by atoms with Crippen molar-refractivity contribution in [3.63, 3.8) is 0 Å². The summed E-state index contributed by atoms with van der Waals surface area (Å²) in [4.78, 5) is 11.0. The molecule has 0 radical (unpaired) electrons. The van der Waals surface area contributed by atoms with Crippen LogP contribution in [0.25, 0.3) is 0 Å². The van der Waals surface area contributed by atoms with Gasteiger partial charge in [-0.25, -0.2) is 0 Å². The van der Waals surface area contributed by atoms with E-state index in [-0.39, 0.29) is 12.1 Å². The molecular weight excluding hydrogens is 342 g/mol. The Morgan fingerprint density at radius 3 is 2.65 bits per heavy atom. The maximum atomic E-state index is 5.71. The molecule has 1 N–H and O–H groups in total. The number of nitrogens with zero attached hydrogens (tertiary/aromatic N) is 4. The summed E-state index contributed by atoms with van der Waals surface area (Å²) in [5, 5.41) is 4.25. The average molecular weight is 363 g/mol. The Kier molecular flexibility index (Phi) is 4.67. The van der Waals surface area contributed by atoms with E-state index in [1.165, 1.54) is 11.3 Å². The van der Waals surface area contributed by atoms with E-state index in [1.54, 1.807) is 0 Å². The van der Waals surface area contributed by atoms with Crippen molar-refractivity contribution < 1.29 is 0 Å². The van der Waals surface area contributed by atoms with Crippen LogP contribution in [0.5, 0.6) is 0 Å². The zero-order valence-electron chi connectivity index (χ0n) is 14.6. The maximum absolute atomic E-state index is 5.71. The van der Waals surface area contributed by atoms with E-state index in [4.69, 9.17) is 12.2 Å². The van der Waals surface area contributed by atoms with Crippen molar-refractivity contribution in [2.45, 2.75) is 32.1 Å². The van der Waals surface area contributed by atoms with Crippen LogP contribution in [0.3, 0.4) is 0 Å². The van der Waals surface area contributed by atoms with Gasteiger partial charge >= 0.3 is 0 Å². The largest absolute Gasteiger partial charge is 0.352 e. The standard InChI is InChI=1S/C20H21N5S/c1-2-24-13-5-7-17(24)19-18(16-6-3-4-10-22-16)23-20(26)25(19)14-15-8-11-21-12-9-15/h3-13,18-19H,2,14H2,1H3,(H,23,26)/t18-,19-/m0/s1. The summed E-state index contributed by atoms with van der Waals surface area (Å²) >= 11 is 5.71. The van der Waals surface area contributed by atoms with E-state index in [1.807, 2.05) is 42.9 Å². The second kappa shape index (κ2) is 7.25. The van der Waals surface area contributed by atoms with Gasteiger partial charge in [-0.2, -0.15) is 0 Å². The second-order valence-electron chi connectivity index (χ2n) is 6.33. The topological polar surface area (TPSA) is 46.0 Å². The predicted molar refractivity (Wildman–Crippen MR) is 105 cm³/mol. The van der Waals surface area contributed by atoms with Crippen molar-refractivity contribution in [3.8, 4) is 0 Å². The van der Waals surface area contributed by atoms with E-state index in [9.17, 15) is 0 Å². The zero-order chi connectivity index (χ0) is 17.9. The summed E-state index contributed by atoms with van der Waals surface area (Å²) < 4.78 is 2.27. The molecule has 26 heavy (non-hydrogen) atoms. The number of nitrogens with one attached hydrogen (secondary N) is 1. The first-order chi connectivity index (χ1) is 12.8. The normalized spacial score (nSPS) is 19.6. The Balaban J connectivity index is 1.75. The molecule has 1 aliphatic heterocycles. The molecule has 6 heteroatoms. The minimum Gasteiger partial charge on any atom is -0.352 e. The summed E-state index contributed by atoms with van der Waals surface area (Å²) in [7, 11) is 0.